The Hall–Kier alpha value is -1.67. The lowest BCUT2D eigenvalue weighted by Crippen LogP contribution is -2.36. The predicted octanol–water partition coefficient (Wildman–Crippen LogP) is 3.31. The summed E-state index contributed by atoms with van der Waals surface area (Å²) in [7, 11) is 0. The molecule has 1 unspecified atom stereocenters. The molecular formula is C18H21NO. The second kappa shape index (κ2) is 5.76. The zero-order chi connectivity index (χ0) is 13.8. The third-order valence-corrected chi connectivity index (χ3v) is 4.36. The van der Waals surface area contributed by atoms with Crippen LogP contribution in [0.25, 0.3) is 5.57 Å². The van der Waals surface area contributed by atoms with Crippen LogP contribution in [-0.2, 0) is 4.79 Å². The average molecular weight is 267 g/mol. The molecule has 0 saturated carbocycles. The molecule has 0 bridgehead atoms. The number of carbonyl (C=O) groups is 1. The van der Waals surface area contributed by atoms with E-state index in [1.54, 1.807) is 0 Å². The lowest BCUT2D eigenvalue weighted by atomic mass is 9.80. The molecule has 2 heteroatoms. The molecule has 0 spiro atoms. The molecule has 1 aromatic carbocycles. The van der Waals surface area contributed by atoms with E-state index in [0.717, 1.165) is 32.3 Å². The molecule has 1 aromatic rings. The Kier molecular flexibility index (Phi) is 3.83. The summed E-state index contributed by atoms with van der Waals surface area (Å²) in [6, 6.07) is 10.4. The van der Waals surface area contributed by atoms with Crippen LogP contribution in [0.2, 0.25) is 0 Å². The Morgan fingerprint density at radius 1 is 1.15 bits per heavy atom. The minimum Gasteiger partial charge on any atom is -0.302 e. The lowest BCUT2D eigenvalue weighted by molar-refractivity contribution is -0.114. The zero-order valence-electron chi connectivity index (χ0n) is 11.8. The molecule has 104 valence electrons. The topological polar surface area (TPSA) is 20.3 Å². The summed E-state index contributed by atoms with van der Waals surface area (Å²) < 4.78 is 0. The van der Waals surface area contributed by atoms with Gasteiger partial charge in [0.05, 0.1) is 5.41 Å². The fourth-order valence-electron chi connectivity index (χ4n) is 3.14. The normalized spacial score (nSPS) is 26.5. The highest BCUT2D eigenvalue weighted by molar-refractivity contribution is 5.78. The molecule has 0 radical (unpaired) electrons. The van der Waals surface area contributed by atoms with Gasteiger partial charge in [0.25, 0.3) is 0 Å². The Morgan fingerprint density at radius 2 is 1.90 bits per heavy atom. The molecule has 2 aliphatic rings. The van der Waals surface area contributed by atoms with Crippen LogP contribution >= 0.6 is 0 Å². The van der Waals surface area contributed by atoms with Gasteiger partial charge in [0, 0.05) is 6.54 Å². The number of benzene rings is 1. The summed E-state index contributed by atoms with van der Waals surface area (Å²) in [5, 5.41) is 0. The second-order valence-corrected chi connectivity index (χ2v) is 5.90. The molecule has 0 N–H and O–H groups in total. The van der Waals surface area contributed by atoms with Crippen LogP contribution in [0.4, 0.5) is 0 Å². The molecule has 20 heavy (non-hydrogen) atoms. The molecule has 0 amide bonds. The van der Waals surface area contributed by atoms with Gasteiger partial charge in [0.15, 0.2) is 0 Å². The first-order valence-corrected chi connectivity index (χ1v) is 7.45. The van der Waals surface area contributed by atoms with E-state index in [9.17, 15) is 4.79 Å². The summed E-state index contributed by atoms with van der Waals surface area (Å²) in [4.78, 5) is 14.0. The number of likely N-dealkylation sites (tertiary alicyclic amines) is 1. The first-order valence-electron chi connectivity index (χ1n) is 7.45. The van der Waals surface area contributed by atoms with Crippen molar-refractivity contribution in [2.75, 3.05) is 19.6 Å². The van der Waals surface area contributed by atoms with Crippen molar-refractivity contribution >= 4 is 11.9 Å². The van der Waals surface area contributed by atoms with E-state index >= 15 is 0 Å². The van der Waals surface area contributed by atoms with Crippen molar-refractivity contribution < 1.29 is 4.79 Å². The van der Waals surface area contributed by atoms with Crippen LogP contribution in [0.15, 0.2) is 48.6 Å². The molecule has 0 aromatic heterocycles. The number of carbonyl (C=O) groups excluding carboxylic acids is 1. The van der Waals surface area contributed by atoms with Crippen molar-refractivity contribution in [1.82, 2.24) is 4.90 Å². The first kappa shape index (κ1) is 13.3. The van der Waals surface area contributed by atoms with Gasteiger partial charge >= 0.3 is 0 Å². The van der Waals surface area contributed by atoms with Gasteiger partial charge in [-0.25, -0.2) is 0 Å². The van der Waals surface area contributed by atoms with Crippen molar-refractivity contribution in [2.24, 2.45) is 5.41 Å². The molecule has 1 atom stereocenters. The van der Waals surface area contributed by atoms with E-state index < -0.39 is 0 Å². The first-order chi connectivity index (χ1) is 9.81. The number of allylic oxidation sites excluding steroid dienone is 3. The summed E-state index contributed by atoms with van der Waals surface area (Å²) in [6.45, 7) is 3.14. The number of nitrogens with zero attached hydrogens (tertiary/aromatic N) is 1. The maximum absolute atomic E-state index is 11.6. The van der Waals surface area contributed by atoms with Crippen molar-refractivity contribution in [3.63, 3.8) is 0 Å². The average Bonchev–Trinajstić information content (AvgIpc) is 3.02. The van der Waals surface area contributed by atoms with E-state index in [-0.39, 0.29) is 5.41 Å². The number of rotatable bonds is 4. The molecule has 1 aliphatic heterocycles. The van der Waals surface area contributed by atoms with Gasteiger partial charge in [-0.1, -0.05) is 48.6 Å². The smallest absolute Gasteiger partial charge is 0.131 e. The molecule has 1 heterocycles. The fourth-order valence-corrected chi connectivity index (χ4v) is 3.14. The Balaban J connectivity index is 1.73. The van der Waals surface area contributed by atoms with Gasteiger partial charge < -0.3 is 9.69 Å². The van der Waals surface area contributed by atoms with Gasteiger partial charge in [-0.15, -0.1) is 0 Å². The Bertz CT molecular complexity index is 526. The lowest BCUT2D eigenvalue weighted by Gasteiger charge is -2.31. The van der Waals surface area contributed by atoms with Crippen LogP contribution in [0.1, 0.15) is 24.8 Å². The van der Waals surface area contributed by atoms with Gasteiger partial charge in [0.2, 0.25) is 0 Å². The zero-order valence-corrected chi connectivity index (χ0v) is 11.8. The fraction of sp³-hybridized carbons (Fsp3) is 0.389. The Morgan fingerprint density at radius 3 is 2.50 bits per heavy atom. The van der Waals surface area contributed by atoms with Crippen LogP contribution in [-0.4, -0.2) is 30.8 Å². The number of hydrogen-bond acceptors (Lipinski definition) is 2. The van der Waals surface area contributed by atoms with E-state index in [1.807, 2.05) is 6.07 Å². The predicted molar refractivity (Wildman–Crippen MR) is 82.3 cm³/mol. The SMILES string of the molecule is O=CC1(CN2CCCC2)C=CC(c2ccccc2)=CC1. The van der Waals surface area contributed by atoms with Crippen LogP contribution in [0.5, 0.6) is 0 Å². The van der Waals surface area contributed by atoms with Gasteiger partial charge in [0.1, 0.15) is 6.29 Å². The van der Waals surface area contributed by atoms with Gasteiger partial charge in [-0.3, -0.25) is 0 Å². The van der Waals surface area contributed by atoms with Crippen molar-refractivity contribution in [2.45, 2.75) is 19.3 Å². The standard InChI is InChI=1S/C18H21NO/c20-15-18(14-19-12-4-5-13-19)10-8-17(9-11-18)16-6-2-1-3-7-16/h1-3,6-10,15H,4-5,11-14H2. The highest BCUT2D eigenvalue weighted by Gasteiger charge is 2.31. The highest BCUT2D eigenvalue weighted by atomic mass is 16.1. The van der Waals surface area contributed by atoms with Crippen LogP contribution in [0, 0.1) is 5.41 Å². The number of aldehydes is 1. The van der Waals surface area contributed by atoms with Crippen LogP contribution < -0.4 is 0 Å². The van der Waals surface area contributed by atoms with Gasteiger partial charge in [-0.2, -0.15) is 0 Å². The quantitative estimate of drug-likeness (QED) is 0.780. The minimum absolute atomic E-state index is 0.317. The van der Waals surface area contributed by atoms with Crippen LogP contribution in [0.3, 0.4) is 0 Å². The monoisotopic (exact) mass is 267 g/mol. The molecule has 1 saturated heterocycles. The summed E-state index contributed by atoms with van der Waals surface area (Å²) in [6.07, 6.45) is 10.9. The summed E-state index contributed by atoms with van der Waals surface area (Å²) in [5.41, 5.74) is 2.14. The summed E-state index contributed by atoms with van der Waals surface area (Å²) >= 11 is 0. The van der Waals surface area contributed by atoms with Crippen molar-refractivity contribution in [3.8, 4) is 0 Å². The molecular weight excluding hydrogens is 246 g/mol. The maximum atomic E-state index is 11.6. The molecule has 1 aliphatic carbocycles. The molecule has 2 nitrogen and oxygen atoms in total. The van der Waals surface area contributed by atoms with Crippen molar-refractivity contribution in [3.05, 3.63) is 54.1 Å². The highest BCUT2D eigenvalue weighted by Crippen LogP contribution is 2.33. The second-order valence-electron chi connectivity index (χ2n) is 5.90. The van der Waals surface area contributed by atoms with E-state index in [4.69, 9.17) is 0 Å². The summed E-state index contributed by atoms with van der Waals surface area (Å²) in [5.74, 6) is 0. The Labute approximate surface area is 120 Å². The van der Waals surface area contributed by atoms with Gasteiger partial charge in [-0.05, 0) is 43.5 Å². The maximum Gasteiger partial charge on any atom is 0.131 e. The largest absolute Gasteiger partial charge is 0.302 e. The minimum atomic E-state index is -0.317. The third kappa shape index (κ3) is 2.75. The van der Waals surface area contributed by atoms with E-state index in [0.29, 0.717) is 0 Å². The molecule has 1 fully saturated rings. The van der Waals surface area contributed by atoms with E-state index in [2.05, 4.69) is 47.4 Å². The number of hydrogen-bond donors (Lipinski definition) is 0. The molecule has 3 rings (SSSR count). The van der Waals surface area contributed by atoms with Crippen molar-refractivity contribution in [1.29, 1.82) is 0 Å². The third-order valence-electron chi connectivity index (χ3n) is 4.36. The van der Waals surface area contributed by atoms with E-state index in [1.165, 1.54) is 24.0 Å².